The van der Waals surface area contributed by atoms with Crippen molar-refractivity contribution in [2.24, 2.45) is 0 Å². The summed E-state index contributed by atoms with van der Waals surface area (Å²) in [5, 5.41) is 5.34. The van der Waals surface area contributed by atoms with Crippen molar-refractivity contribution in [2.75, 3.05) is 24.4 Å². The number of methoxy groups -OCH3 is 1. The van der Waals surface area contributed by atoms with E-state index in [0.717, 1.165) is 10.0 Å². The molecule has 0 saturated heterocycles. The fraction of sp³-hybridized carbons (Fsp3) is 0.250. The van der Waals surface area contributed by atoms with Crippen molar-refractivity contribution in [3.8, 4) is 5.75 Å². The number of hydrogen-bond acceptors (Lipinski definition) is 5. The van der Waals surface area contributed by atoms with Crippen molar-refractivity contribution in [3.63, 3.8) is 0 Å². The summed E-state index contributed by atoms with van der Waals surface area (Å²) in [6, 6.07) is 12.3. The summed E-state index contributed by atoms with van der Waals surface area (Å²) in [7, 11) is 1.52. The second-order valence-electron chi connectivity index (χ2n) is 5.95. The lowest BCUT2D eigenvalue weighted by atomic mass is 10.2. The molecule has 0 atom stereocenters. The molecule has 7 nitrogen and oxygen atoms in total. The SMILES string of the molecule is COc1cccc(NC(=O)COC(=O)CCC(=O)Nc2ccc(Br)cc2C)c1. The van der Waals surface area contributed by atoms with Crippen molar-refractivity contribution in [1.29, 1.82) is 0 Å². The molecule has 0 aliphatic heterocycles. The standard InChI is InChI=1S/C20H21BrN2O5/c1-13-10-14(21)6-7-17(13)23-18(24)8-9-20(26)28-12-19(25)22-15-4-3-5-16(11-15)27-2/h3-7,10-11H,8-9,12H2,1-2H3,(H,22,25)(H,23,24). The van der Waals surface area contributed by atoms with Gasteiger partial charge in [-0.3, -0.25) is 14.4 Å². The number of esters is 1. The van der Waals surface area contributed by atoms with Crippen LogP contribution in [0.1, 0.15) is 18.4 Å². The molecule has 2 amide bonds. The molecule has 0 aliphatic rings. The highest BCUT2D eigenvalue weighted by molar-refractivity contribution is 9.10. The van der Waals surface area contributed by atoms with Gasteiger partial charge in [0.25, 0.3) is 5.91 Å². The summed E-state index contributed by atoms with van der Waals surface area (Å²) < 4.78 is 10.9. The van der Waals surface area contributed by atoms with E-state index in [4.69, 9.17) is 9.47 Å². The lowest BCUT2D eigenvalue weighted by Gasteiger charge is -2.09. The minimum atomic E-state index is -0.622. The average Bonchev–Trinajstić information content (AvgIpc) is 2.67. The maximum absolute atomic E-state index is 12.0. The van der Waals surface area contributed by atoms with Crippen LogP contribution in [-0.2, 0) is 19.1 Å². The topological polar surface area (TPSA) is 93.7 Å². The van der Waals surface area contributed by atoms with Crippen molar-refractivity contribution in [3.05, 3.63) is 52.5 Å². The van der Waals surface area contributed by atoms with E-state index in [9.17, 15) is 14.4 Å². The maximum atomic E-state index is 12.0. The molecule has 2 rings (SSSR count). The second-order valence-corrected chi connectivity index (χ2v) is 6.86. The van der Waals surface area contributed by atoms with Gasteiger partial charge in [0, 0.05) is 28.3 Å². The lowest BCUT2D eigenvalue weighted by molar-refractivity contribution is -0.147. The highest BCUT2D eigenvalue weighted by atomic mass is 79.9. The Morgan fingerprint density at radius 1 is 1.00 bits per heavy atom. The molecule has 0 fully saturated rings. The van der Waals surface area contributed by atoms with Crippen LogP contribution in [0.3, 0.4) is 0 Å². The third-order valence-corrected chi connectivity index (χ3v) is 4.23. The van der Waals surface area contributed by atoms with E-state index in [0.29, 0.717) is 17.1 Å². The molecular formula is C20H21BrN2O5. The fourth-order valence-corrected chi connectivity index (χ4v) is 2.79. The van der Waals surface area contributed by atoms with Crippen LogP contribution in [0.4, 0.5) is 11.4 Å². The molecule has 0 radical (unpaired) electrons. The lowest BCUT2D eigenvalue weighted by Crippen LogP contribution is -2.21. The molecule has 2 N–H and O–H groups in total. The van der Waals surface area contributed by atoms with Crippen LogP contribution in [0.2, 0.25) is 0 Å². The van der Waals surface area contributed by atoms with Gasteiger partial charge in [-0.25, -0.2) is 0 Å². The average molecular weight is 449 g/mol. The van der Waals surface area contributed by atoms with E-state index >= 15 is 0 Å². The van der Waals surface area contributed by atoms with E-state index in [1.165, 1.54) is 7.11 Å². The van der Waals surface area contributed by atoms with Gasteiger partial charge in [-0.1, -0.05) is 22.0 Å². The molecule has 148 valence electrons. The number of halogens is 1. The number of aryl methyl sites for hydroxylation is 1. The van der Waals surface area contributed by atoms with E-state index in [1.807, 2.05) is 19.1 Å². The number of ether oxygens (including phenoxy) is 2. The first kappa shape index (κ1) is 21.4. The molecular weight excluding hydrogens is 428 g/mol. The minimum Gasteiger partial charge on any atom is -0.497 e. The van der Waals surface area contributed by atoms with Gasteiger partial charge in [-0.2, -0.15) is 0 Å². The van der Waals surface area contributed by atoms with Gasteiger partial charge in [0.05, 0.1) is 13.5 Å². The fourth-order valence-electron chi connectivity index (χ4n) is 2.31. The zero-order chi connectivity index (χ0) is 20.5. The van der Waals surface area contributed by atoms with Crippen LogP contribution in [0.25, 0.3) is 0 Å². The predicted molar refractivity (Wildman–Crippen MR) is 109 cm³/mol. The van der Waals surface area contributed by atoms with E-state index in [1.54, 1.807) is 30.3 Å². The largest absolute Gasteiger partial charge is 0.497 e. The van der Waals surface area contributed by atoms with Crippen LogP contribution >= 0.6 is 15.9 Å². The van der Waals surface area contributed by atoms with E-state index in [-0.39, 0.29) is 18.7 Å². The maximum Gasteiger partial charge on any atom is 0.306 e. The Hall–Kier alpha value is -2.87. The van der Waals surface area contributed by atoms with Crippen molar-refractivity contribution in [1.82, 2.24) is 0 Å². The van der Waals surface area contributed by atoms with E-state index in [2.05, 4.69) is 26.6 Å². The molecule has 0 spiro atoms. The van der Waals surface area contributed by atoms with E-state index < -0.39 is 18.5 Å². The number of rotatable bonds is 8. The number of amides is 2. The van der Waals surface area contributed by atoms with Gasteiger partial charge in [-0.05, 0) is 42.8 Å². The number of benzene rings is 2. The Bertz CT molecular complexity index is 869. The van der Waals surface area contributed by atoms with Gasteiger partial charge in [0.1, 0.15) is 5.75 Å². The quantitative estimate of drug-likeness (QED) is 0.600. The molecule has 8 heteroatoms. The molecule has 0 saturated carbocycles. The van der Waals surface area contributed by atoms with Crippen molar-refractivity contribution in [2.45, 2.75) is 19.8 Å². The minimum absolute atomic E-state index is 0.0359. The first-order valence-electron chi connectivity index (χ1n) is 8.53. The highest BCUT2D eigenvalue weighted by Gasteiger charge is 2.12. The summed E-state index contributed by atoms with van der Waals surface area (Å²) in [5.74, 6) is -0.801. The number of anilines is 2. The van der Waals surface area contributed by atoms with Crippen LogP contribution in [0, 0.1) is 6.92 Å². The summed E-state index contributed by atoms with van der Waals surface area (Å²) in [6.45, 7) is 1.44. The molecule has 2 aromatic carbocycles. The Morgan fingerprint density at radius 3 is 2.50 bits per heavy atom. The third kappa shape index (κ3) is 7.03. The number of carbonyl (C=O) groups excluding carboxylic acids is 3. The highest BCUT2D eigenvalue weighted by Crippen LogP contribution is 2.20. The van der Waals surface area contributed by atoms with Crippen molar-refractivity contribution < 1.29 is 23.9 Å². The number of carbonyl (C=O) groups is 3. The Labute approximate surface area is 171 Å². The van der Waals surface area contributed by atoms with Crippen molar-refractivity contribution >= 4 is 45.1 Å². The molecule has 0 aromatic heterocycles. The summed E-state index contributed by atoms with van der Waals surface area (Å²) in [5.41, 5.74) is 2.11. The molecule has 0 bridgehead atoms. The molecule has 0 heterocycles. The van der Waals surface area contributed by atoms with Crippen LogP contribution in [-0.4, -0.2) is 31.5 Å². The summed E-state index contributed by atoms with van der Waals surface area (Å²) >= 11 is 3.36. The van der Waals surface area contributed by atoms with Crippen LogP contribution in [0.5, 0.6) is 5.75 Å². The monoisotopic (exact) mass is 448 g/mol. The van der Waals surface area contributed by atoms with Gasteiger partial charge in [0.2, 0.25) is 5.91 Å². The predicted octanol–water partition coefficient (Wildman–Crippen LogP) is 3.67. The number of hydrogen-bond donors (Lipinski definition) is 2. The molecule has 0 unspecified atom stereocenters. The smallest absolute Gasteiger partial charge is 0.306 e. The summed E-state index contributed by atoms with van der Waals surface area (Å²) in [4.78, 5) is 35.6. The number of nitrogens with one attached hydrogen (secondary N) is 2. The Balaban J connectivity index is 1.71. The van der Waals surface area contributed by atoms with Gasteiger partial charge < -0.3 is 20.1 Å². The van der Waals surface area contributed by atoms with Gasteiger partial charge in [0.15, 0.2) is 6.61 Å². The second kappa shape index (κ2) is 10.5. The molecule has 28 heavy (non-hydrogen) atoms. The molecule has 2 aromatic rings. The Kier molecular flexibility index (Phi) is 8.01. The zero-order valence-corrected chi connectivity index (χ0v) is 17.2. The first-order chi connectivity index (χ1) is 13.4. The zero-order valence-electron chi connectivity index (χ0n) is 15.6. The van der Waals surface area contributed by atoms with Gasteiger partial charge >= 0.3 is 5.97 Å². The normalized spacial score (nSPS) is 10.1. The van der Waals surface area contributed by atoms with Gasteiger partial charge in [-0.15, -0.1) is 0 Å². The van der Waals surface area contributed by atoms with Crippen LogP contribution in [0.15, 0.2) is 46.9 Å². The Morgan fingerprint density at radius 2 is 1.79 bits per heavy atom. The summed E-state index contributed by atoms with van der Waals surface area (Å²) in [6.07, 6.45) is -0.153. The first-order valence-corrected chi connectivity index (χ1v) is 9.32. The van der Waals surface area contributed by atoms with Crippen LogP contribution < -0.4 is 15.4 Å². The molecule has 0 aliphatic carbocycles. The third-order valence-electron chi connectivity index (χ3n) is 3.74.